The summed E-state index contributed by atoms with van der Waals surface area (Å²) in [5.41, 5.74) is 0. The number of hydrogen-bond acceptors (Lipinski definition) is 4. The van der Waals surface area contributed by atoms with Gasteiger partial charge in [0.25, 0.3) is 0 Å². The second-order valence-electron chi connectivity index (χ2n) is 4.05. The highest BCUT2D eigenvalue weighted by atomic mass is 16.6. The van der Waals surface area contributed by atoms with E-state index in [1.54, 1.807) is 6.92 Å². The first kappa shape index (κ1) is 12.5. The van der Waals surface area contributed by atoms with Gasteiger partial charge in [0.05, 0.1) is 13.2 Å². The Kier molecular flexibility index (Phi) is 5.65. The second kappa shape index (κ2) is 6.80. The zero-order chi connectivity index (χ0) is 11.1. The van der Waals surface area contributed by atoms with Crippen LogP contribution in [-0.2, 0) is 14.3 Å². The minimum absolute atomic E-state index is 0.0806. The van der Waals surface area contributed by atoms with Gasteiger partial charge in [0.1, 0.15) is 6.61 Å². The van der Waals surface area contributed by atoms with Crippen LogP contribution in [0.3, 0.4) is 0 Å². The summed E-state index contributed by atoms with van der Waals surface area (Å²) in [4.78, 5) is 13.3. The molecule has 4 heteroatoms. The van der Waals surface area contributed by atoms with Crippen molar-refractivity contribution in [2.75, 3.05) is 39.5 Å². The highest BCUT2D eigenvalue weighted by Crippen LogP contribution is 2.13. The first-order valence-electron chi connectivity index (χ1n) is 5.68. The summed E-state index contributed by atoms with van der Waals surface area (Å²) in [7, 11) is 0. The molecule has 1 unspecified atom stereocenters. The Morgan fingerprint density at radius 3 is 2.93 bits per heavy atom. The minimum Gasteiger partial charge on any atom is -0.464 e. The maximum Gasteiger partial charge on any atom is 0.332 e. The Hall–Kier alpha value is -0.610. The SMILES string of the molecule is CCOC(=O)COCCN1CCC(C)C1. The van der Waals surface area contributed by atoms with Crippen molar-refractivity contribution < 1.29 is 14.3 Å². The molecule has 0 N–H and O–H groups in total. The van der Waals surface area contributed by atoms with E-state index in [-0.39, 0.29) is 12.6 Å². The van der Waals surface area contributed by atoms with Gasteiger partial charge in [0.2, 0.25) is 0 Å². The summed E-state index contributed by atoms with van der Waals surface area (Å²) in [6.45, 7) is 8.41. The molecule has 0 aromatic carbocycles. The van der Waals surface area contributed by atoms with E-state index in [2.05, 4.69) is 11.8 Å². The van der Waals surface area contributed by atoms with Gasteiger partial charge in [0.15, 0.2) is 0 Å². The number of likely N-dealkylation sites (tertiary alicyclic amines) is 1. The predicted molar refractivity (Wildman–Crippen MR) is 57.7 cm³/mol. The maximum atomic E-state index is 10.9. The molecule has 1 aliphatic heterocycles. The van der Waals surface area contributed by atoms with Gasteiger partial charge >= 0.3 is 5.97 Å². The highest BCUT2D eigenvalue weighted by Gasteiger charge is 2.17. The van der Waals surface area contributed by atoms with Crippen LogP contribution in [0.5, 0.6) is 0 Å². The Morgan fingerprint density at radius 1 is 1.53 bits per heavy atom. The lowest BCUT2D eigenvalue weighted by atomic mass is 10.2. The summed E-state index contributed by atoms with van der Waals surface area (Å²) < 4.78 is 9.98. The summed E-state index contributed by atoms with van der Waals surface area (Å²) >= 11 is 0. The summed E-state index contributed by atoms with van der Waals surface area (Å²) in [5.74, 6) is 0.530. The van der Waals surface area contributed by atoms with E-state index >= 15 is 0 Å². The lowest BCUT2D eigenvalue weighted by Gasteiger charge is -2.14. The van der Waals surface area contributed by atoms with Crippen molar-refractivity contribution in [2.24, 2.45) is 5.92 Å². The van der Waals surface area contributed by atoms with E-state index in [0.717, 1.165) is 25.6 Å². The number of nitrogens with zero attached hydrogens (tertiary/aromatic N) is 1. The van der Waals surface area contributed by atoms with Crippen LogP contribution in [-0.4, -0.2) is 50.3 Å². The number of esters is 1. The van der Waals surface area contributed by atoms with Gasteiger partial charge in [-0.25, -0.2) is 4.79 Å². The van der Waals surface area contributed by atoms with Crippen LogP contribution in [0.1, 0.15) is 20.3 Å². The van der Waals surface area contributed by atoms with Gasteiger partial charge in [0, 0.05) is 13.1 Å². The van der Waals surface area contributed by atoms with Crippen LogP contribution in [0.25, 0.3) is 0 Å². The third-order valence-corrected chi connectivity index (χ3v) is 2.59. The third-order valence-electron chi connectivity index (χ3n) is 2.59. The molecular formula is C11H21NO3. The second-order valence-corrected chi connectivity index (χ2v) is 4.05. The van der Waals surface area contributed by atoms with Crippen LogP contribution in [0, 0.1) is 5.92 Å². The van der Waals surface area contributed by atoms with Crippen molar-refractivity contribution in [3.05, 3.63) is 0 Å². The molecule has 1 heterocycles. The normalized spacial score (nSPS) is 21.9. The molecule has 4 nitrogen and oxygen atoms in total. The molecule has 0 aromatic heterocycles. The molecule has 88 valence electrons. The summed E-state index contributed by atoms with van der Waals surface area (Å²) in [5, 5.41) is 0. The van der Waals surface area contributed by atoms with E-state index in [9.17, 15) is 4.79 Å². The van der Waals surface area contributed by atoms with Crippen molar-refractivity contribution in [2.45, 2.75) is 20.3 Å². The van der Waals surface area contributed by atoms with E-state index < -0.39 is 0 Å². The van der Waals surface area contributed by atoms with Crippen LogP contribution in [0.15, 0.2) is 0 Å². The zero-order valence-electron chi connectivity index (χ0n) is 9.70. The first-order chi connectivity index (χ1) is 7.22. The lowest BCUT2D eigenvalue weighted by Crippen LogP contribution is -2.26. The van der Waals surface area contributed by atoms with Crippen LogP contribution in [0.4, 0.5) is 0 Å². The smallest absolute Gasteiger partial charge is 0.332 e. The number of ether oxygens (including phenoxy) is 2. The topological polar surface area (TPSA) is 38.8 Å². The predicted octanol–water partition coefficient (Wildman–Crippen LogP) is 0.908. The molecule has 15 heavy (non-hydrogen) atoms. The minimum atomic E-state index is -0.271. The van der Waals surface area contributed by atoms with Gasteiger partial charge in [-0.05, 0) is 25.8 Å². The standard InChI is InChI=1S/C11H21NO3/c1-3-15-11(13)9-14-7-6-12-5-4-10(2)8-12/h10H,3-9H2,1-2H3. The van der Waals surface area contributed by atoms with Gasteiger partial charge < -0.3 is 14.4 Å². The van der Waals surface area contributed by atoms with Crippen LogP contribution >= 0.6 is 0 Å². The third kappa shape index (κ3) is 5.14. The fourth-order valence-corrected chi connectivity index (χ4v) is 1.78. The molecule has 1 rings (SSSR count). The molecule has 1 atom stereocenters. The zero-order valence-corrected chi connectivity index (χ0v) is 9.70. The van der Waals surface area contributed by atoms with Gasteiger partial charge in [-0.15, -0.1) is 0 Å². The summed E-state index contributed by atoms with van der Waals surface area (Å²) in [6.07, 6.45) is 1.28. The molecule has 0 saturated carbocycles. The van der Waals surface area contributed by atoms with Crippen LogP contribution in [0.2, 0.25) is 0 Å². The molecule has 1 aliphatic rings. The number of rotatable bonds is 6. The number of carbonyl (C=O) groups is 1. The van der Waals surface area contributed by atoms with Crippen molar-refractivity contribution in [1.82, 2.24) is 4.90 Å². The number of hydrogen-bond donors (Lipinski definition) is 0. The quantitative estimate of drug-likeness (QED) is 0.487. The summed E-state index contributed by atoms with van der Waals surface area (Å²) in [6, 6.07) is 0. The molecule has 1 saturated heterocycles. The van der Waals surface area contributed by atoms with E-state index in [1.807, 2.05) is 0 Å². The van der Waals surface area contributed by atoms with Crippen molar-refractivity contribution >= 4 is 5.97 Å². The van der Waals surface area contributed by atoms with Crippen molar-refractivity contribution in [3.8, 4) is 0 Å². The molecule has 0 aliphatic carbocycles. The average molecular weight is 215 g/mol. The van der Waals surface area contributed by atoms with E-state index in [1.165, 1.54) is 6.42 Å². The fraction of sp³-hybridized carbons (Fsp3) is 0.909. The first-order valence-corrected chi connectivity index (χ1v) is 5.68. The largest absolute Gasteiger partial charge is 0.464 e. The van der Waals surface area contributed by atoms with E-state index in [0.29, 0.717) is 13.2 Å². The fourth-order valence-electron chi connectivity index (χ4n) is 1.78. The van der Waals surface area contributed by atoms with Crippen molar-refractivity contribution in [3.63, 3.8) is 0 Å². The van der Waals surface area contributed by atoms with Crippen LogP contribution < -0.4 is 0 Å². The van der Waals surface area contributed by atoms with E-state index in [4.69, 9.17) is 9.47 Å². The molecular weight excluding hydrogens is 194 g/mol. The Labute approximate surface area is 91.5 Å². The average Bonchev–Trinajstić information content (AvgIpc) is 2.60. The highest BCUT2D eigenvalue weighted by molar-refractivity contribution is 5.70. The van der Waals surface area contributed by atoms with Gasteiger partial charge in [-0.1, -0.05) is 6.92 Å². The number of carbonyl (C=O) groups excluding carboxylic acids is 1. The Bertz CT molecular complexity index is 196. The molecule has 1 fully saturated rings. The Balaban J connectivity index is 1.95. The molecule has 0 spiro atoms. The monoisotopic (exact) mass is 215 g/mol. The molecule has 0 bridgehead atoms. The molecule has 0 aromatic rings. The lowest BCUT2D eigenvalue weighted by molar-refractivity contribution is -0.148. The Morgan fingerprint density at radius 2 is 2.33 bits per heavy atom. The van der Waals surface area contributed by atoms with Crippen molar-refractivity contribution in [1.29, 1.82) is 0 Å². The molecule has 0 radical (unpaired) electrons. The maximum absolute atomic E-state index is 10.9. The van der Waals surface area contributed by atoms with Gasteiger partial charge in [-0.2, -0.15) is 0 Å². The molecule has 0 amide bonds. The van der Waals surface area contributed by atoms with Gasteiger partial charge in [-0.3, -0.25) is 0 Å².